The topological polar surface area (TPSA) is 103 Å². The predicted octanol–water partition coefficient (Wildman–Crippen LogP) is 3.48. The Morgan fingerprint density at radius 2 is 1.84 bits per heavy atom. The molecule has 0 fully saturated rings. The summed E-state index contributed by atoms with van der Waals surface area (Å²) in [6.07, 6.45) is 0.775. The van der Waals surface area contributed by atoms with E-state index < -0.39 is 0 Å². The Morgan fingerprint density at radius 1 is 1.06 bits per heavy atom. The quantitative estimate of drug-likeness (QED) is 0.415. The Bertz CT molecular complexity index is 1160. The van der Waals surface area contributed by atoms with E-state index in [0.29, 0.717) is 34.7 Å². The molecule has 0 saturated heterocycles. The number of nitrogens with zero attached hydrogens (tertiary/aromatic N) is 7. The number of hydrogen-bond acceptors (Lipinski definition) is 7. The lowest BCUT2D eigenvalue weighted by atomic mass is 10.2. The third-order valence-corrected chi connectivity index (χ3v) is 4.83. The lowest BCUT2D eigenvalue weighted by Gasteiger charge is -2.19. The highest BCUT2D eigenvalue weighted by molar-refractivity contribution is 6.33. The van der Waals surface area contributed by atoms with Gasteiger partial charge in [-0.25, -0.2) is 0 Å². The fourth-order valence-electron chi connectivity index (χ4n) is 3.02. The minimum atomic E-state index is -0.170. The van der Waals surface area contributed by atoms with Gasteiger partial charge in [-0.3, -0.25) is 4.79 Å². The number of carbonyl (C=O) groups excluding carboxylic acids is 1. The third kappa shape index (κ3) is 4.95. The molecule has 31 heavy (non-hydrogen) atoms. The van der Waals surface area contributed by atoms with E-state index in [9.17, 15) is 4.79 Å². The molecule has 0 N–H and O–H groups in total. The SMILES string of the molecule is CCCN(Cc1nnc(-c2ccccc2Cl)o1)C(=O)Cn1nnc(-c2ccccc2)n1. The minimum Gasteiger partial charge on any atom is -0.419 e. The Hall–Kier alpha value is -3.59. The molecule has 4 rings (SSSR count). The second-order valence-corrected chi connectivity index (χ2v) is 7.21. The van der Waals surface area contributed by atoms with Gasteiger partial charge in [0.2, 0.25) is 23.5 Å². The molecule has 0 aliphatic heterocycles. The van der Waals surface area contributed by atoms with Crippen LogP contribution in [0.1, 0.15) is 19.2 Å². The number of halogens is 1. The van der Waals surface area contributed by atoms with Crippen LogP contribution < -0.4 is 0 Å². The molecule has 2 aromatic heterocycles. The van der Waals surface area contributed by atoms with E-state index in [1.54, 1.807) is 17.0 Å². The molecule has 0 spiro atoms. The maximum Gasteiger partial charge on any atom is 0.249 e. The van der Waals surface area contributed by atoms with E-state index in [1.165, 1.54) is 4.80 Å². The molecular weight excluding hydrogens is 418 g/mol. The molecule has 0 atom stereocenters. The van der Waals surface area contributed by atoms with Crippen molar-refractivity contribution in [2.45, 2.75) is 26.4 Å². The van der Waals surface area contributed by atoms with Crippen molar-refractivity contribution in [3.63, 3.8) is 0 Å². The lowest BCUT2D eigenvalue weighted by Crippen LogP contribution is -2.34. The lowest BCUT2D eigenvalue weighted by molar-refractivity contribution is -0.133. The fourth-order valence-corrected chi connectivity index (χ4v) is 3.24. The molecule has 0 unspecified atom stereocenters. The monoisotopic (exact) mass is 437 g/mol. The maximum atomic E-state index is 12.9. The van der Waals surface area contributed by atoms with Crippen molar-refractivity contribution in [1.82, 2.24) is 35.3 Å². The summed E-state index contributed by atoms with van der Waals surface area (Å²) in [6.45, 7) is 2.67. The molecule has 0 bridgehead atoms. The van der Waals surface area contributed by atoms with E-state index in [-0.39, 0.29) is 19.0 Å². The van der Waals surface area contributed by atoms with Gasteiger partial charge in [-0.2, -0.15) is 4.80 Å². The number of rotatable bonds is 8. The molecule has 158 valence electrons. The van der Waals surface area contributed by atoms with Crippen molar-refractivity contribution >= 4 is 17.5 Å². The van der Waals surface area contributed by atoms with Crippen molar-refractivity contribution in [2.75, 3.05) is 6.54 Å². The van der Waals surface area contributed by atoms with E-state index in [2.05, 4.69) is 25.6 Å². The van der Waals surface area contributed by atoms with Crippen LogP contribution >= 0.6 is 11.6 Å². The number of hydrogen-bond donors (Lipinski definition) is 0. The molecule has 1 amide bonds. The average Bonchev–Trinajstić information content (AvgIpc) is 3.44. The molecular formula is C21H20ClN7O2. The summed E-state index contributed by atoms with van der Waals surface area (Å²) >= 11 is 6.20. The molecule has 0 aliphatic rings. The second-order valence-electron chi connectivity index (χ2n) is 6.81. The van der Waals surface area contributed by atoms with Crippen molar-refractivity contribution in [3.05, 3.63) is 65.5 Å². The van der Waals surface area contributed by atoms with Crippen LogP contribution in [0.15, 0.2) is 59.0 Å². The first-order valence-corrected chi connectivity index (χ1v) is 10.2. The van der Waals surface area contributed by atoms with Gasteiger partial charge in [0.1, 0.15) is 6.54 Å². The Kier molecular flexibility index (Phi) is 6.32. The number of carbonyl (C=O) groups is 1. The highest BCUT2D eigenvalue weighted by Gasteiger charge is 2.20. The maximum absolute atomic E-state index is 12.9. The van der Waals surface area contributed by atoms with Crippen LogP contribution in [0.4, 0.5) is 0 Å². The summed E-state index contributed by atoms with van der Waals surface area (Å²) in [4.78, 5) is 15.8. The van der Waals surface area contributed by atoms with Crippen molar-refractivity contribution in [2.24, 2.45) is 0 Å². The zero-order chi connectivity index (χ0) is 21.6. The van der Waals surface area contributed by atoms with E-state index in [4.69, 9.17) is 16.0 Å². The third-order valence-electron chi connectivity index (χ3n) is 4.50. The second kappa shape index (κ2) is 9.48. The molecule has 4 aromatic rings. The van der Waals surface area contributed by atoms with Gasteiger partial charge in [0.05, 0.1) is 17.1 Å². The smallest absolute Gasteiger partial charge is 0.249 e. The van der Waals surface area contributed by atoms with E-state index in [1.807, 2.05) is 49.4 Å². The van der Waals surface area contributed by atoms with Crippen LogP contribution in [-0.4, -0.2) is 47.8 Å². The highest BCUT2D eigenvalue weighted by atomic mass is 35.5. The van der Waals surface area contributed by atoms with Crippen LogP contribution in [-0.2, 0) is 17.9 Å². The molecule has 0 saturated carbocycles. The zero-order valence-electron chi connectivity index (χ0n) is 16.8. The summed E-state index contributed by atoms with van der Waals surface area (Å²) < 4.78 is 5.74. The molecule has 0 radical (unpaired) electrons. The fraction of sp³-hybridized carbons (Fsp3) is 0.238. The first-order chi connectivity index (χ1) is 15.1. The zero-order valence-corrected chi connectivity index (χ0v) is 17.6. The summed E-state index contributed by atoms with van der Waals surface area (Å²) in [6, 6.07) is 16.7. The highest BCUT2D eigenvalue weighted by Crippen LogP contribution is 2.26. The number of amides is 1. The number of tetrazole rings is 1. The van der Waals surface area contributed by atoms with Crippen LogP contribution in [0.2, 0.25) is 5.02 Å². The van der Waals surface area contributed by atoms with Gasteiger partial charge in [0, 0.05) is 12.1 Å². The van der Waals surface area contributed by atoms with Gasteiger partial charge in [-0.05, 0) is 23.8 Å². The van der Waals surface area contributed by atoms with Crippen LogP contribution in [0, 0.1) is 0 Å². The van der Waals surface area contributed by atoms with E-state index >= 15 is 0 Å². The summed E-state index contributed by atoms with van der Waals surface area (Å²) in [5, 5.41) is 21.0. The molecule has 2 heterocycles. The first kappa shape index (κ1) is 20.7. The summed E-state index contributed by atoms with van der Waals surface area (Å²) in [7, 11) is 0. The Balaban J connectivity index is 1.45. The molecule has 10 heteroatoms. The molecule has 0 aliphatic carbocycles. The van der Waals surface area contributed by atoms with Crippen LogP contribution in [0.3, 0.4) is 0 Å². The van der Waals surface area contributed by atoms with Gasteiger partial charge in [-0.1, -0.05) is 61.0 Å². The van der Waals surface area contributed by atoms with Gasteiger partial charge < -0.3 is 9.32 Å². The van der Waals surface area contributed by atoms with Gasteiger partial charge in [0.15, 0.2) is 0 Å². The summed E-state index contributed by atoms with van der Waals surface area (Å²) in [5.41, 5.74) is 1.49. The standard InChI is InChI=1S/C21H20ClN7O2/c1-2-12-28(13-18-23-25-21(31-18)16-10-6-7-11-17(16)22)19(30)14-29-26-20(24-27-29)15-8-4-3-5-9-15/h3-11H,2,12-14H2,1H3. The van der Waals surface area contributed by atoms with Crippen LogP contribution in [0.25, 0.3) is 22.8 Å². The van der Waals surface area contributed by atoms with Gasteiger partial charge >= 0.3 is 0 Å². The molecule has 2 aromatic carbocycles. The van der Waals surface area contributed by atoms with E-state index in [0.717, 1.165) is 12.0 Å². The minimum absolute atomic E-state index is 0.0364. The largest absolute Gasteiger partial charge is 0.419 e. The van der Waals surface area contributed by atoms with Gasteiger partial charge in [-0.15, -0.1) is 20.4 Å². The first-order valence-electron chi connectivity index (χ1n) is 9.82. The number of benzene rings is 2. The predicted molar refractivity (Wildman–Crippen MR) is 114 cm³/mol. The van der Waals surface area contributed by atoms with Crippen molar-refractivity contribution < 1.29 is 9.21 Å². The number of aromatic nitrogens is 6. The van der Waals surface area contributed by atoms with Crippen molar-refractivity contribution in [1.29, 1.82) is 0 Å². The van der Waals surface area contributed by atoms with Gasteiger partial charge in [0.25, 0.3) is 0 Å². The Labute approximate surface area is 183 Å². The van der Waals surface area contributed by atoms with Crippen molar-refractivity contribution in [3.8, 4) is 22.8 Å². The normalized spacial score (nSPS) is 10.9. The summed E-state index contributed by atoms with van der Waals surface area (Å²) in [5.74, 6) is 0.941. The van der Waals surface area contributed by atoms with Crippen LogP contribution in [0.5, 0.6) is 0 Å². The Morgan fingerprint density at radius 3 is 2.61 bits per heavy atom. The average molecular weight is 438 g/mol. The molecule has 9 nitrogen and oxygen atoms in total.